The molecule has 0 saturated heterocycles. The van der Waals surface area contributed by atoms with Crippen molar-refractivity contribution in [1.29, 1.82) is 0 Å². The molecular formula is C15H25N3O4S. The summed E-state index contributed by atoms with van der Waals surface area (Å²) < 4.78 is 5.06. The van der Waals surface area contributed by atoms with Crippen molar-refractivity contribution in [3.05, 3.63) is 20.8 Å². The number of hydrogen-bond acceptors (Lipinski definition) is 6. The molecule has 0 radical (unpaired) electrons. The zero-order valence-electron chi connectivity index (χ0n) is 13.7. The summed E-state index contributed by atoms with van der Waals surface area (Å²) in [6, 6.07) is 0. The number of hydrogen-bond donors (Lipinski definition) is 2. The number of nitrogens with one attached hydrogen (secondary N) is 2. The zero-order chi connectivity index (χ0) is 17.1. The van der Waals surface area contributed by atoms with Gasteiger partial charge in [-0.3, -0.25) is 14.6 Å². The minimum atomic E-state index is -0.664. The molecular weight excluding hydrogens is 318 g/mol. The number of aromatic amines is 2. The van der Waals surface area contributed by atoms with Crippen LogP contribution in [0.2, 0.25) is 0 Å². The van der Waals surface area contributed by atoms with E-state index >= 15 is 0 Å². The van der Waals surface area contributed by atoms with Crippen molar-refractivity contribution < 1.29 is 9.53 Å². The molecule has 0 saturated carbocycles. The summed E-state index contributed by atoms with van der Waals surface area (Å²) in [5.41, 5.74) is -1.25. The van der Waals surface area contributed by atoms with Gasteiger partial charge in [0.1, 0.15) is 5.25 Å². The van der Waals surface area contributed by atoms with E-state index in [-0.39, 0.29) is 11.0 Å². The summed E-state index contributed by atoms with van der Waals surface area (Å²) in [5, 5.41) is 5.47. The van der Waals surface area contributed by atoms with Gasteiger partial charge in [-0.25, -0.2) is 9.89 Å². The maximum Gasteiger partial charge on any atom is 0.342 e. The molecule has 1 aromatic heterocycles. The lowest BCUT2D eigenvalue weighted by Crippen LogP contribution is -2.28. The lowest BCUT2D eigenvalue weighted by molar-refractivity contribution is -0.142. The Morgan fingerprint density at radius 1 is 1.17 bits per heavy atom. The van der Waals surface area contributed by atoms with Crippen molar-refractivity contribution in [2.45, 2.75) is 69.1 Å². The molecule has 0 aliphatic carbocycles. The van der Waals surface area contributed by atoms with E-state index in [4.69, 9.17) is 4.74 Å². The number of rotatable bonds is 11. The van der Waals surface area contributed by atoms with Crippen LogP contribution >= 0.6 is 11.8 Å². The second-order valence-corrected chi connectivity index (χ2v) is 6.42. The fourth-order valence-electron chi connectivity index (χ4n) is 2.12. The van der Waals surface area contributed by atoms with E-state index in [0.717, 1.165) is 31.0 Å². The summed E-state index contributed by atoms with van der Waals surface area (Å²) in [6.45, 7) is 4.21. The molecule has 23 heavy (non-hydrogen) atoms. The molecule has 1 atom stereocenters. The highest BCUT2D eigenvalue weighted by Crippen LogP contribution is 2.24. The van der Waals surface area contributed by atoms with Crippen molar-refractivity contribution in [3.63, 3.8) is 0 Å². The fourth-order valence-corrected chi connectivity index (χ4v) is 3.10. The maximum atomic E-state index is 12.0. The third-order valence-electron chi connectivity index (χ3n) is 3.30. The van der Waals surface area contributed by atoms with Crippen molar-refractivity contribution >= 4 is 17.7 Å². The third-order valence-corrected chi connectivity index (χ3v) is 4.52. The van der Waals surface area contributed by atoms with Gasteiger partial charge in [0.15, 0.2) is 5.03 Å². The Labute approximate surface area is 139 Å². The molecule has 130 valence electrons. The predicted molar refractivity (Wildman–Crippen MR) is 89.7 cm³/mol. The first-order valence-electron chi connectivity index (χ1n) is 8.10. The summed E-state index contributed by atoms with van der Waals surface area (Å²) in [7, 11) is 0. The van der Waals surface area contributed by atoms with Gasteiger partial charge in [-0.2, -0.15) is 5.10 Å². The summed E-state index contributed by atoms with van der Waals surface area (Å²) in [5.74, 6) is -0.349. The number of nitrogens with zero attached hydrogens (tertiary/aromatic N) is 1. The van der Waals surface area contributed by atoms with E-state index in [1.54, 1.807) is 6.92 Å². The Morgan fingerprint density at radius 3 is 2.52 bits per heavy atom. The molecule has 1 rings (SSSR count). The second kappa shape index (κ2) is 11.0. The Bertz CT molecular complexity index is 585. The SMILES string of the molecule is CCCCCCCCC(Sc1n[nH]c(=O)[nH]c1=O)C(=O)OCC. The first kappa shape index (κ1) is 19.5. The van der Waals surface area contributed by atoms with Crippen molar-refractivity contribution in [1.82, 2.24) is 15.2 Å². The number of esters is 1. The van der Waals surface area contributed by atoms with Crippen LogP contribution in [0, 0.1) is 0 Å². The van der Waals surface area contributed by atoms with Crippen LogP contribution in [-0.2, 0) is 9.53 Å². The first-order valence-corrected chi connectivity index (χ1v) is 8.98. The molecule has 0 fully saturated rings. The summed E-state index contributed by atoms with van der Waals surface area (Å²) in [4.78, 5) is 36.8. The average molecular weight is 343 g/mol. The molecule has 1 aromatic rings. The average Bonchev–Trinajstić information content (AvgIpc) is 2.51. The molecule has 0 amide bonds. The highest BCUT2D eigenvalue weighted by Gasteiger charge is 2.23. The van der Waals surface area contributed by atoms with Gasteiger partial charge in [0, 0.05) is 0 Å². The number of thioether (sulfide) groups is 1. The van der Waals surface area contributed by atoms with Crippen molar-refractivity contribution in [2.75, 3.05) is 6.61 Å². The van der Waals surface area contributed by atoms with Crippen LogP contribution in [-0.4, -0.2) is 33.0 Å². The topological polar surface area (TPSA) is 105 Å². The fraction of sp³-hybridized carbons (Fsp3) is 0.733. The van der Waals surface area contributed by atoms with E-state index in [0.29, 0.717) is 13.0 Å². The highest BCUT2D eigenvalue weighted by molar-refractivity contribution is 8.00. The zero-order valence-corrected chi connectivity index (χ0v) is 14.5. The van der Waals surface area contributed by atoms with Gasteiger partial charge in [0.25, 0.3) is 5.56 Å². The van der Waals surface area contributed by atoms with Gasteiger partial charge in [0.2, 0.25) is 0 Å². The Balaban J connectivity index is 2.60. The van der Waals surface area contributed by atoms with Gasteiger partial charge < -0.3 is 4.74 Å². The molecule has 7 nitrogen and oxygen atoms in total. The number of unbranched alkanes of at least 4 members (excludes halogenated alkanes) is 5. The molecule has 0 spiro atoms. The van der Waals surface area contributed by atoms with Crippen LogP contribution in [0.4, 0.5) is 0 Å². The molecule has 0 bridgehead atoms. The number of aromatic nitrogens is 3. The van der Waals surface area contributed by atoms with Crippen LogP contribution in [0.25, 0.3) is 0 Å². The van der Waals surface area contributed by atoms with Crippen LogP contribution in [0.3, 0.4) is 0 Å². The van der Waals surface area contributed by atoms with Crippen LogP contribution in [0.1, 0.15) is 58.8 Å². The molecule has 1 heterocycles. The van der Waals surface area contributed by atoms with Gasteiger partial charge in [-0.1, -0.05) is 57.2 Å². The first-order chi connectivity index (χ1) is 11.1. The quantitative estimate of drug-likeness (QED) is 0.363. The van der Waals surface area contributed by atoms with E-state index in [1.165, 1.54) is 19.3 Å². The van der Waals surface area contributed by atoms with Crippen LogP contribution in [0.5, 0.6) is 0 Å². The van der Waals surface area contributed by atoms with Gasteiger partial charge in [-0.15, -0.1) is 0 Å². The van der Waals surface area contributed by atoms with Gasteiger partial charge in [-0.05, 0) is 13.3 Å². The largest absolute Gasteiger partial charge is 0.465 e. The number of carbonyl (C=O) groups excluding carboxylic acids is 1. The van der Waals surface area contributed by atoms with E-state index in [1.807, 2.05) is 0 Å². The molecule has 2 N–H and O–H groups in total. The highest BCUT2D eigenvalue weighted by atomic mass is 32.2. The van der Waals surface area contributed by atoms with Crippen LogP contribution < -0.4 is 11.2 Å². The maximum absolute atomic E-state index is 12.0. The molecule has 1 unspecified atom stereocenters. The Morgan fingerprint density at radius 2 is 1.87 bits per heavy atom. The third kappa shape index (κ3) is 7.49. The normalized spacial score (nSPS) is 12.1. The van der Waals surface area contributed by atoms with Gasteiger partial charge >= 0.3 is 11.7 Å². The van der Waals surface area contributed by atoms with Crippen molar-refractivity contribution in [2.24, 2.45) is 0 Å². The van der Waals surface area contributed by atoms with E-state index in [9.17, 15) is 14.4 Å². The smallest absolute Gasteiger partial charge is 0.342 e. The van der Waals surface area contributed by atoms with Crippen molar-refractivity contribution in [3.8, 4) is 0 Å². The minimum Gasteiger partial charge on any atom is -0.465 e. The molecule has 0 aromatic carbocycles. The van der Waals surface area contributed by atoms with E-state index in [2.05, 4.69) is 22.1 Å². The summed E-state index contributed by atoms with van der Waals surface area (Å²) in [6.07, 6.45) is 7.33. The molecule has 0 aliphatic heterocycles. The number of ether oxygens (including phenoxy) is 1. The van der Waals surface area contributed by atoms with Gasteiger partial charge in [0.05, 0.1) is 6.61 Å². The monoisotopic (exact) mass is 343 g/mol. The van der Waals surface area contributed by atoms with E-state index < -0.39 is 16.5 Å². The second-order valence-electron chi connectivity index (χ2n) is 5.23. The minimum absolute atomic E-state index is 0.0774. The lowest BCUT2D eigenvalue weighted by atomic mass is 10.1. The summed E-state index contributed by atoms with van der Waals surface area (Å²) >= 11 is 1.04. The Hall–Kier alpha value is -1.57. The Kier molecular flexibility index (Phi) is 9.35. The number of H-pyrrole nitrogens is 2. The standard InChI is InChI=1S/C15H25N3O4S/c1-3-5-6-7-8-9-10-11(14(20)22-4-2)23-13-12(19)16-15(21)18-17-13/h11H,3-10H2,1-2H3,(H2,16,18,19,21). The molecule has 8 heteroatoms. The van der Waals surface area contributed by atoms with Crippen LogP contribution in [0.15, 0.2) is 14.6 Å². The lowest BCUT2D eigenvalue weighted by Gasteiger charge is -2.14. The molecule has 0 aliphatic rings. The number of carbonyl (C=O) groups is 1. The predicted octanol–water partition coefficient (Wildman–Crippen LogP) is 2.23.